The predicted molar refractivity (Wildman–Crippen MR) is 196 cm³/mol. The van der Waals surface area contributed by atoms with Gasteiger partial charge in [0.05, 0.1) is 34.8 Å². The van der Waals surface area contributed by atoms with Gasteiger partial charge < -0.3 is 9.13 Å². The summed E-state index contributed by atoms with van der Waals surface area (Å²) in [6.07, 6.45) is 12.9. The third-order valence-corrected chi connectivity index (χ3v) is 10.1. The largest absolute Gasteiger partial charge is 0.332 e. The fraction of sp³-hybridized carbons (Fsp3) is 0.0909. The van der Waals surface area contributed by atoms with E-state index in [4.69, 9.17) is 0 Å². The van der Waals surface area contributed by atoms with Crippen molar-refractivity contribution in [2.45, 2.75) is 24.8 Å². The summed E-state index contributed by atoms with van der Waals surface area (Å²) in [6.45, 7) is 0. The molecule has 7 aromatic rings. The number of benzene rings is 5. The van der Waals surface area contributed by atoms with Crippen molar-refractivity contribution in [3.05, 3.63) is 168 Å². The first-order valence-electron chi connectivity index (χ1n) is 16.4. The average molecular weight is 615 g/mol. The van der Waals surface area contributed by atoms with Crippen LogP contribution < -0.4 is 0 Å². The first-order chi connectivity index (χ1) is 23.7. The molecule has 0 radical (unpaired) electrons. The minimum absolute atomic E-state index is 0.0131. The van der Waals surface area contributed by atoms with Gasteiger partial charge in [0.2, 0.25) is 0 Å². The van der Waals surface area contributed by atoms with Crippen molar-refractivity contribution >= 4 is 54.9 Å². The quantitative estimate of drug-likeness (QED) is 0.198. The number of hydrogen-bond acceptors (Lipinski definition) is 2. The Bertz CT molecular complexity index is 2610. The van der Waals surface area contributed by atoms with E-state index in [0.717, 1.165) is 35.0 Å². The lowest BCUT2D eigenvalue weighted by Crippen LogP contribution is -2.19. The molecule has 5 aromatic carbocycles. The summed E-state index contributed by atoms with van der Waals surface area (Å²) < 4.78 is 4.75. The second-order valence-corrected chi connectivity index (χ2v) is 12.6. The van der Waals surface area contributed by atoms with Crippen molar-refractivity contribution in [3.63, 3.8) is 0 Å². The highest BCUT2D eigenvalue weighted by atomic mass is 15.0. The minimum atomic E-state index is -0.0865. The molecule has 0 aliphatic heterocycles. The molecule has 48 heavy (non-hydrogen) atoms. The first-order valence-corrected chi connectivity index (χ1v) is 16.4. The Balaban J connectivity index is 1.21. The molecule has 0 amide bonds. The summed E-state index contributed by atoms with van der Waals surface area (Å²) in [5, 5.41) is 24.5. The molecule has 0 saturated heterocycles. The van der Waals surface area contributed by atoms with Crippen molar-refractivity contribution in [2.24, 2.45) is 0 Å². The van der Waals surface area contributed by atoms with Crippen LogP contribution in [-0.4, -0.2) is 9.13 Å². The van der Waals surface area contributed by atoms with E-state index >= 15 is 0 Å². The molecule has 2 unspecified atom stereocenters. The van der Waals surface area contributed by atoms with Gasteiger partial charge in [-0.1, -0.05) is 97.1 Å². The molecule has 9 rings (SSSR count). The summed E-state index contributed by atoms with van der Waals surface area (Å²) >= 11 is 0. The summed E-state index contributed by atoms with van der Waals surface area (Å²) in [4.78, 5) is 0. The Hall–Kier alpha value is -6.36. The SMILES string of the molecule is N#CC1=CC(n2c3ccccc3c3ccccc32)C(c2ccccc2C2=CC(n3c4ccccc4c4ccc(C#N)cc43)=CCC2)C=C1. The van der Waals surface area contributed by atoms with Gasteiger partial charge in [0.15, 0.2) is 0 Å². The van der Waals surface area contributed by atoms with Crippen LogP contribution in [0.2, 0.25) is 0 Å². The number of rotatable bonds is 4. The van der Waals surface area contributed by atoms with Crippen molar-refractivity contribution in [1.82, 2.24) is 9.13 Å². The van der Waals surface area contributed by atoms with Crippen LogP contribution in [0.1, 0.15) is 41.5 Å². The van der Waals surface area contributed by atoms with Crippen LogP contribution in [0.5, 0.6) is 0 Å². The standard InChI is InChI=1S/C44H30N4/c45-27-29-21-23-39-37-16-3-6-17-40(37)47(43(39)24-29)32-11-9-10-31(26-32)33-12-1-2-13-34(33)38-22-20-30(28-46)25-44(38)48-41-18-7-4-14-35(41)36-15-5-8-19-42(36)48/h1-8,11-26,38,44H,9-10H2. The molecule has 0 saturated carbocycles. The molecule has 4 heteroatoms. The van der Waals surface area contributed by atoms with Gasteiger partial charge in [0.1, 0.15) is 0 Å². The maximum atomic E-state index is 10.0. The van der Waals surface area contributed by atoms with Crippen molar-refractivity contribution in [1.29, 1.82) is 10.5 Å². The summed E-state index contributed by atoms with van der Waals surface area (Å²) in [7, 11) is 0. The maximum Gasteiger partial charge on any atom is 0.0992 e. The van der Waals surface area contributed by atoms with Crippen LogP contribution in [0.25, 0.3) is 54.9 Å². The number of aromatic nitrogens is 2. The molecule has 2 heterocycles. The number of para-hydroxylation sites is 3. The Morgan fingerprint density at radius 2 is 1.29 bits per heavy atom. The Kier molecular flexibility index (Phi) is 6.49. The van der Waals surface area contributed by atoms with Gasteiger partial charge in [-0.3, -0.25) is 0 Å². The molecule has 2 aliphatic carbocycles. The molecule has 0 bridgehead atoms. The third-order valence-electron chi connectivity index (χ3n) is 10.1. The fourth-order valence-corrected chi connectivity index (χ4v) is 7.99. The van der Waals surface area contributed by atoms with Gasteiger partial charge in [-0.15, -0.1) is 0 Å². The third kappa shape index (κ3) is 4.28. The predicted octanol–water partition coefficient (Wildman–Crippen LogP) is 10.8. The van der Waals surface area contributed by atoms with Crippen LogP contribution in [0, 0.1) is 22.7 Å². The zero-order chi connectivity index (χ0) is 32.2. The van der Waals surface area contributed by atoms with Gasteiger partial charge in [-0.2, -0.15) is 10.5 Å². The second kappa shape index (κ2) is 11.2. The van der Waals surface area contributed by atoms with Crippen molar-refractivity contribution in [2.75, 3.05) is 0 Å². The lowest BCUT2D eigenvalue weighted by atomic mass is 9.80. The topological polar surface area (TPSA) is 57.4 Å². The zero-order valence-corrected chi connectivity index (χ0v) is 26.2. The highest BCUT2D eigenvalue weighted by molar-refractivity contribution is 6.11. The van der Waals surface area contributed by atoms with Crippen LogP contribution in [0.3, 0.4) is 0 Å². The van der Waals surface area contributed by atoms with E-state index in [2.05, 4.69) is 149 Å². The number of allylic oxidation sites excluding steroid dienone is 8. The molecule has 0 fully saturated rings. The molecule has 0 spiro atoms. The monoisotopic (exact) mass is 614 g/mol. The number of nitrogens with zero attached hydrogens (tertiary/aromatic N) is 4. The molecular weight excluding hydrogens is 585 g/mol. The lowest BCUT2D eigenvalue weighted by Gasteiger charge is -2.31. The van der Waals surface area contributed by atoms with Crippen LogP contribution in [0.4, 0.5) is 0 Å². The van der Waals surface area contributed by atoms with Gasteiger partial charge in [-0.05, 0) is 78.1 Å². The van der Waals surface area contributed by atoms with Crippen LogP contribution >= 0.6 is 0 Å². The second-order valence-electron chi connectivity index (χ2n) is 12.6. The molecule has 0 N–H and O–H groups in total. The molecule has 226 valence electrons. The van der Waals surface area contributed by atoms with E-state index < -0.39 is 0 Å². The summed E-state index contributed by atoms with van der Waals surface area (Å²) in [5.74, 6) is 0.0131. The van der Waals surface area contributed by atoms with Gasteiger partial charge in [0.25, 0.3) is 0 Å². The normalized spacial score (nSPS) is 17.7. The fourth-order valence-electron chi connectivity index (χ4n) is 7.99. The van der Waals surface area contributed by atoms with Gasteiger partial charge in [0, 0.05) is 49.8 Å². The van der Waals surface area contributed by atoms with Crippen LogP contribution in [0.15, 0.2) is 151 Å². The Morgan fingerprint density at radius 3 is 2.02 bits per heavy atom. The molecule has 2 aromatic heterocycles. The molecular formula is C44H30N4. The maximum absolute atomic E-state index is 10.0. The van der Waals surface area contributed by atoms with Crippen LogP contribution in [-0.2, 0) is 0 Å². The van der Waals surface area contributed by atoms with E-state index in [1.807, 2.05) is 18.2 Å². The molecule has 2 aliphatic rings. The van der Waals surface area contributed by atoms with E-state index in [-0.39, 0.29) is 12.0 Å². The number of fused-ring (bicyclic) bond motifs is 6. The smallest absolute Gasteiger partial charge is 0.0992 e. The highest BCUT2D eigenvalue weighted by Crippen LogP contribution is 2.45. The zero-order valence-electron chi connectivity index (χ0n) is 26.2. The van der Waals surface area contributed by atoms with E-state index in [1.54, 1.807) is 0 Å². The number of nitriles is 2. The number of hydrogen-bond donors (Lipinski definition) is 0. The average Bonchev–Trinajstić information content (AvgIpc) is 3.67. The highest BCUT2D eigenvalue weighted by Gasteiger charge is 2.30. The molecule has 4 nitrogen and oxygen atoms in total. The first kappa shape index (κ1) is 27.9. The summed E-state index contributed by atoms with van der Waals surface area (Å²) in [5.41, 5.74) is 10.7. The Morgan fingerprint density at radius 1 is 0.646 bits per heavy atom. The van der Waals surface area contributed by atoms with E-state index in [1.165, 1.54) is 43.9 Å². The van der Waals surface area contributed by atoms with E-state index in [9.17, 15) is 10.5 Å². The van der Waals surface area contributed by atoms with Crippen molar-refractivity contribution in [3.8, 4) is 12.1 Å². The lowest BCUT2D eigenvalue weighted by molar-refractivity contribution is 0.572. The summed E-state index contributed by atoms with van der Waals surface area (Å²) in [6, 6.07) is 45.1. The van der Waals surface area contributed by atoms with Gasteiger partial charge >= 0.3 is 0 Å². The Labute approximate surface area is 278 Å². The van der Waals surface area contributed by atoms with Crippen molar-refractivity contribution < 1.29 is 0 Å². The molecule has 2 atom stereocenters. The minimum Gasteiger partial charge on any atom is -0.332 e. The van der Waals surface area contributed by atoms with E-state index in [0.29, 0.717) is 11.1 Å². The van der Waals surface area contributed by atoms with Gasteiger partial charge in [-0.25, -0.2) is 0 Å².